The molecule has 1 aliphatic heterocycles. The molecular formula is C16H22N2O. The van der Waals surface area contributed by atoms with Gasteiger partial charge in [-0.2, -0.15) is 0 Å². The normalized spacial score (nSPS) is 23.1. The molecule has 0 radical (unpaired) electrons. The van der Waals surface area contributed by atoms with Crippen molar-refractivity contribution in [3.05, 3.63) is 29.6 Å². The Balaban J connectivity index is 1.66. The number of hydrogen-bond donors (Lipinski definition) is 0. The van der Waals surface area contributed by atoms with Crippen molar-refractivity contribution in [1.29, 1.82) is 0 Å². The minimum atomic E-state index is 0.158. The third-order valence-electron chi connectivity index (χ3n) is 4.43. The van der Waals surface area contributed by atoms with Crippen LogP contribution in [0.3, 0.4) is 0 Å². The molecule has 19 heavy (non-hydrogen) atoms. The minimum Gasteiger partial charge on any atom is -0.338 e. The van der Waals surface area contributed by atoms with Crippen LogP contribution >= 0.6 is 0 Å². The minimum absolute atomic E-state index is 0.158. The fraction of sp³-hybridized carbons (Fsp3) is 0.625. The first-order chi connectivity index (χ1) is 9.15. The van der Waals surface area contributed by atoms with E-state index < -0.39 is 0 Å². The maximum atomic E-state index is 12.4. The Kier molecular flexibility index (Phi) is 3.29. The topological polar surface area (TPSA) is 33.2 Å². The molecule has 3 nitrogen and oxygen atoms in total. The number of rotatable bonds is 3. The highest BCUT2D eigenvalue weighted by atomic mass is 16.2. The summed E-state index contributed by atoms with van der Waals surface area (Å²) in [6.07, 6.45) is 5.67. The van der Waals surface area contributed by atoms with E-state index in [4.69, 9.17) is 0 Å². The number of nitrogens with zero attached hydrogens (tertiary/aromatic N) is 2. The van der Waals surface area contributed by atoms with Gasteiger partial charge in [0.15, 0.2) is 0 Å². The van der Waals surface area contributed by atoms with Crippen LogP contribution in [0, 0.1) is 11.8 Å². The van der Waals surface area contributed by atoms with Crippen molar-refractivity contribution < 1.29 is 4.79 Å². The SMILES string of the molecule is CC(C)c1ccc(C(=O)N2CCC(C3CC3)C2)cn1. The third-order valence-corrected chi connectivity index (χ3v) is 4.43. The van der Waals surface area contributed by atoms with Gasteiger partial charge in [-0.1, -0.05) is 13.8 Å². The molecule has 3 heteroatoms. The molecule has 0 spiro atoms. The number of amides is 1. The van der Waals surface area contributed by atoms with E-state index in [1.165, 1.54) is 19.3 Å². The molecule has 102 valence electrons. The van der Waals surface area contributed by atoms with Crippen LogP contribution in [-0.4, -0.2) is 28.9 Å². The molecule has 0 N–H and O–H groups in total. The number of carbonyl (C=O) groups is 1. The zero-order chi connectivity index (χ0) is 13.4. The van der Waals surface area contributed by atoms with E-state index in [1.54, 1.807) is 6.20 Å². The van der Waals surface area contributed by atoms with Gasteiger partial charge in [0.05, 0.1) is 5.56 Å². The third kappa shape index (κ3) is 2.65. The molecular weight excluding hydrogens is 236 g/mol. The Labute approximate surface area is 115 Å². The molecule has 2 fully saturated rings. The average molecular weight is 258 g/mol. The molecule has 1 saturated heterocycles. The zero-order valence-electron chi connectivity index (χ0n) is 11.8. The summed E-state index contributed by atoms with van der Waals surface area (Å²) >= 11 is 0. The van der Waals surface area contributed by atoms with Crippen molar-refractivity contribution >= 4 is 5.91 Å². The molecule has 1 atom stereocenters. The van der Waals surface area contributed by atoms with Crippen LogP contribution in [0.5, 0.6) is 0 Å². The second kappa shape index (κ2) is 4.95. The number of hydrogen-bond acceptors (Lipinski definition) is 2. The summed E-state index contributed by atoms with van der Waals surface area (Å²) in [5.74, 6) is 2.23. The molecule has 3 rings (SSSR count). The van der Waals surface area contributed by atoms with Crippen LogP contribution in [0.15, 0.2) is 18.3 Å². The van der Waals surface area contributed by atoms with Crippen molar-refractivity contribution in [3.8, 4) is 0 Å². The summed E-state index contributed by atoms with van der Waals surface area (Å²) in [6, 6.07) is 3.90. The van der Waals surface area contributed by atoms with Crippen molar-refractivity contribution in [2.24, 2.45) is 11.8 Å². The first kappa shape index (κ1) is 12.6. The highest BCUT2D eigenvalue weighted by Crippen LogP contribution is 2.41. The van der Waals surface area contributed by atoms with Crippen LogP contribution in [0.2, 0.25) is 0 Å². The lowest BCUT2D eigenvalue weighted by Crippen LogP contribution is -2.29. The first-order valence-corrected chi connectivity index (χ1v) is 7.40. The molecule has 2 heterocycles. The van der Waals surface area contributed by atoms with Crippen molar-refractivity contribution in [1.82, 2.24) is 9.88 Å². The second-order valence-corrected chi connectivity index (χ2v) is 6.26. The molecule has 2 aliphatic rings. The lowest BCUT2D eigenvalue weighted by Gasteiger charge is -2.16. The maximum Gasteiger partial charge on any atom is 0.255 e. The second-order valence-electron chi connectivity index (χ2n) is 6.26. The predicted molar refractivity (Wildman–Crippen MR) is 75.1 cm³/mol. The molecule has 1 aromatic rings. The van der Waals surface area contributed by atoms with Gasteiger partial charge in [-0.05, 0) is 49.1 Å². The largest absolute Gasteiger partial charge is 0.338 e. The van der Waals surface area contributed by atoms with Crippen molar-refractivity contribution in [3.63, 3.8) is 0 Å². The summed E-state index contributed by atoms with van der Waals surface area (Å²) in [5.41, 5.74) is 1.79. The summed E-state index contributed by atoms with van der Waals surface area (Å²) < 4.78 is 0. The van der Waals surface area contributed by atoms with Gasteiger partial charge in [-0.3, -0.25) is 9.78 Å². The summed E-state index contributed by atoms with van der Waals surface area (Å²) in [5, 5.41) is 0. The standard InChI is InChI=1S/C16H22N2O/c1-11(2)15-6-5-13(9-17-15)16(19)18-8-7-14(10-18)12-3-4-12/h5-6,9,11-12,14H,3-4,7-8,10H2,1-2H3. The summed E-state index contributed by atoms with van der Waals surface area (Å²) in [7, 11) is 0. The van der Waals surface area contributed by atoms with E-state index in [9.17, 15) is 4.79 Å². The number of likely N-dealkylation sites (tertiary alicyclic amines) is 1. The number of carbonyl (C=O) groups excluding carboxylic acids is 1. The summed E-state index contributed by atoms with van der Waals surface area (Å²) in [6.45, 7) is 6.11. The highest BCUT2D eigenvalue weighted by molar-refractivity contribution is 5.94. The summed E-state index contributed by atoms with van der Waals surface area (Å²) in [4.78, 5) is 18.8. The van der Waals surface area contributed by atoms with E-state index in [-0.39, 0.29) is 5.91 Å². The van der Waals surface area contributed by atoms with Crippen molar-refractivity contribution in [2.45, 2.75) is 39.0 Å². The van der Waals surface area contributed by atoms with Crippen LogP contribution in [0.4, 0.5) is 0 Å². The van der Waals surface area contributed by atoms with Gasteiger partial charge in [0.25, 0.3) is 5.91 Å². The van der Waals surface area contributed by atoms with Gasteiger partial charge in [-0.15, -0.1) is 0 Å². The molecule has 1 aliphatic carbocycles. The van der Waals surface area contributed by atoms with E-state index in [0.29, 0.717) is 5.92 Å². The molecule has 1 aromatic heterocycles. The number of aromatic nitrogens is 1. The highest BCUT2D eigenvalue weighted by Gasteiger charge is 2.37. The van der Waals surface area contributed by atoms with Gasteiger partial charge in [0, 0.05) is 25.0 Å². The van der Waals surface area contributed by atoms with E-state index in [0.717, 1.165) is 36.2 Å². The quantitative estimate of drug-likeness (QED) is 0.834. The Morgan fingerprint density at radius 3 is 2.63 bits per heavy atom. The van der Waals surface area contributed by atoms with Crippen LogP contribution in [-0.2, 0) is 0 Å². The van der Waals surface area contributed by atoms with Gasteiger partial charge < -0.3 is 4.90 Å². The Bertz CT molecular complexity index is 462. The molecule has 0 aromatic carbocycles. The fourth-order valence-electron chi connectivity index (χ4n) is 2.98. The fourth-order valence-corrected chi connectivity index (χ4v) is 2.98. The molecule has 0 bridgehead atoms. The Morgan fingerprint density at radius 2 is 2.05 bits per heavy atom. The Morgan fingerprint density at radius 1 is 1.26 bits per heavy atom. The van der Waals surface area contributed by atoms with E-state index in [2.05, 4.69) is 18.8 Å². The van der Waals surface area contributed by atoms with Gasteiger partial charge >= 0.3 is 0 Å². The lowest BCUT2D eigenvalue weighted by molar-refractivity contribution is 0.0785. The first-order valence-electron chi connectivity index (χ1n) is 7.40. The van der Waals surface area contributed by atoms with E-state index in [1.807, 2.05) is 17.0 Å². The molecule has 1 amide bonds. The average Bonchev–Trinajstić information content (AvgIpc) is 3.16. The maximum absolute atomic E-state index is 12.4. The van der Waals surface area contributed by atoms with Crippen LogP contribution in [0.25, 0.3) is 0 Å². The predicted octanol–water partition coefficient (Wildman–Crippen LogP) is 3.08. The lowest BCUT2D eigenvalue weighted by atomic mass is 10.0. The van der Waals surface area contributed by atoms with Crippen LogP contribution in [0.1, 0.15) is 55.1 Å². The smallest absolute Gasteiger partial charge is 0.255 e. The number of pyridine rings is 1. The zero-order valence-corrected chi connectivity index (χ0v) is 11.8. The molecule has 1 saturated carbocycles. The van der Waals surface area contributed by atoms with E-state index >= 15 is 0 Å². The van der Waals surface area contributed by atoms with Crippen molar-refractivity contribution in [2.75, 3.05) is 13.1 Å². The Hall–Kier alpha value is -1.38. The molecule has 1 unspecified atom stereocenters. The van der Waals surface area contributed by atoms with Gasteiger partial charge in [-0.25, -0.2) is 0 Å². The van der Waals surface area contributed by atoms with Gasteiger partial charge in [0.2, 0.25) is 0 Å². The monoisotopic (exact) mass is 258 g/mol. The van der Waals surface area contributed by atoms with Gasteiger partial charge in [0.1, 0.15) is 0 Å². The van der Waals surface area contributed by atoms with Crippen LogP contribution < -0.4 is 0 Å².